The number of pyridine rings is 1. The number of fused-ring (bicyclic) bond motifs is 2. The van der Waals surface area contributed by atoms with Crippen LogP contribution in [-0.4, -0.2) is 48.0 Å². The largest absolute Gasteiger partial charge is 0.454 e. The van der Waals surface area contributed by atoms with E-state index in [1.54, 1.807) is 11.0 Å². The predicted molar refractivity (Wildman–Crippen MR) is 115 cm³/mol. The van der Waals surface area contributed by atoms with Crippen LogP contribution in [0.3, 0.4) is 0 Å². The normalized spacial score (nSPS) is 20.8. The fraction of sp³-hybridized carbons (Fsp3) is 0.565. The molecule has 2 amide bonds. The number of nitrogens with zero attached hydrogens (tertiary/aromatic N) is 1. The molecule has 1 saturated carbocycles. The molecule has 1 saturated heterocycles. The third kappa shape index (κ3) is 4.49. The van der Waals surface area contributed by atoms with Crippen molar-refractivity contribution in [3.8, 4) is 11.5 Å². The van der Waals surface area contributed by atoms with E-state index in [9.17, 15) is 9.59 Å². The zero-order chi connectivity index (χ0) is 21.2. The minimum atomic E-state index is -0.200. The number of rotatable bonds is 5. The molecule has 0 bridgehead atoms. The van der Waals surface area contributed by atoms with Crippen LogP contribution in [0.5, 0.6) is 11.5 Å². The lowest BCUT2D eigenvalue weighted by Gasteiger charge is -2.29. The van der Waals surface area contributed by atoms with E-state index in [-0.39, 0.29) is 37.1 Å². The lowest BCUT2D eigenvalue weighted by atomic mass is 9.96. The van der Waals surface area contributed by atoms with Crippen LogP contribution in [0.1, 0.15) is 50.5 Å². The summed E-state index contributed by atoms with van der Waals surface area (Å²) in [5, 5.41) is 4.04. The van der Waals surface area contributed by atoms with Crippen molar-refractivity contribution in [2.45, 2.75) is 63.6 Å². The van der Waals surface area contributed by atoms with Gasteiger partial charge in [-0.1, -0.05) is 19.3 Å². The molecular formula is C23H29N3O5. The number of benzene rings is 1. The molecule has 8 heteroatoms. The number of H-pyrrole nitrogens is 1. The highest BCUT2D eigenvalue weighted by Gasteiger charge is 2.26. The number of aromatic amines is 1. The summed E-state index contributed by atoms with van der Waals surface area (Å²) in [6, 6.07) is 5.58. The predicted octanol–water partition coefficient (Wildman–Crippen LogP) is 3.28. The molecule has 5 rings (SSSR count). The van der Waals surface area contributed by atoms with Crippen LogP contribution >= 0.6 is 0 Å². The Bertz CT molecular complexity index is 1010. The number of hydrogen-bond donors (Lipinski definition) is 2. The van der Waals surface area contributed by atoms with Crippen molar-refractivity contribution in [1.82, 2.24) is 15.2 Å². The summed E-state index contributed by atoms with van der Waals surface area (Å²) in [5.74, 6) is 1.29. The second-order valence-electron chi connectivity index (χ2n) is 8.72. The quantitative estimate of drug-likeness (QED) is 0.764. The zero-order valence-electron chi connectivity index (χ0n) is 17.7. The highest BCUT2D eigenvalue weighted by atomic mass is 16.7. The van der Waals surface area contributed by atoms with Crippen molar-refractivity contribution in [2.24, 2.45) is 0 Å². The molecule has 166 valence electrons. The summed E-state index contributed by atoms with van der Waals surface area (Å²) < 4.78 is 16.6. The minimum absolute atomic E-state index is 0.0189. The van der Waals surface area contributed by atoms with E-state index in [1.165, 1.54) is 6.42 Å². The van der Waals surface area contributed by atoms with Crippen molar-refractivity contribution in [1.29, 1.82) is 0 Å². The molecule has 2 aromatic rings. The lowest BCUT2D eigenvalue weighted by molar-refractivity contribution is 0.0784. The van der Waals surface area contributed by atoms with E-state index in [0.717, 1.165) is 50.5 Å². The third-order valence-electron chi connectivity index (χ3n) is 6.44. The Labute approximate surface area is 180 Å². The van der Waals surface area contributed by atoms with E-state index < -0.39 is 0 Å². The highest BCUT2D eigenvalue weighted by Crippen LogP contribution is 2.35. The van der Waals surface area contributed by atoms with Crippen LogP contribution in [0.2, 0.25) is 0 Å². The molecule has 0 radical (unpaired) electrons. The van der Waals surface area contributed by atoms with Gasteiger partial charge in [-0.25, -0.2) is 4.79 Å². The van der Waals surface area contributed by atoms with E-state index in [1.807, 2.05) is 12.1 Å². The fourth-order valence-electron chi connectivity index (χ4n) is 4.73. The highest BCUT2D eigenvalue weighted by molar-refractivity contribution is 5.83. The smallest absolute Gasteiger partial charge is 0.318 e. The molecule has 2 fully saturated rings. The van der Waals surface area contributed by atoms with Gasteiger partial charge in [-0.15, -0.1) is 0 Å². The number of nitrogens with one attached hydrogen (secondary N) is 2. The molecular weight excluding hydrogens is 398 g/mol. The van der Waals surface area contributed by atoms with Crippen molar-refractivity contribution in [2.75, 3.05) is 19.9 Å². The second kappa shape index (κ2) is 8.78. The second-order valence-corrected chi connectivity index (χ2v) is 8.72. The van der Waals surface area contributed by atoms with Gasteiger partial charge in [0, 0.05) is 36.2 Å². The van der Waals surface area contributed by atoms with Crippen molar-refractivity contribution >= 4 is 16.9 Å². The molecule has 31 heavy (non-hydrogen) atoms. The van der Waals surface area contributed by atoms with Gasteiger partial charge in [0.25, 0.3) is 5.56 Å². The number of amides is 2. The molecule has 0 unspecified atom stereocenters. The van der Waals surface area contributed by atoms with Gasteiger partial charge in [-0.2, -0.15) is 0 Å². The first kappa shape index (κ1) is 20.2. The molecule has 1 atom stereocenters. The average molecular weight is 428 g/mol. The van der Waals surface area contributed by atoms with Gasteiger partial charge in [0.1, 0.15) is 0 Å². The molecule has 2 aliphatic heterocycles. The summed E-state index contributed by atoms with van der Waals surface area (Å²) >= 11 is 0. The van der Waals surface area contributed by atoms with Crippen LogP contribution in [0, 0.1) is 0 Å². The van der Waals surface area contributed by atoms with Gasteiger partial charge in [0.15, 0.2) is 11.5 Å². The Morgan fingerprint density at radius 3 is 2.65 bits per heavy atom. The minimum Gasteiger partial charge on any atom is -0.454 e. The van der Waals surface area contributed by atoms with Gasteiger partial charge in [0.2, 0.25) is 6.79 Å². The van der Waals surface area contributed by atoms with Crippen molar-refractivity contribution in [3.05, 3.63) is 34.1 Å². The van der Waals surface area contributed by atoms with Crippen LogP contribution < -0.4 is 20.3 Å². The molecule has 0 spiro atoms. The maximum Gasteiger partial charge on any atom is 0.318 e. The van der Waals surface area contributed by atoms with Gasteiger partial charge < -0.3 is 29.4 Å². The number of carbonyl (C=O) groups excluding carboxylic acids is 1. The monoisotopic (exact) mass is 427 g/mol. The average Bonchev–Trinajstić information content (AvgIpc) is 3.44. The molecule has 8 nitrogen and oxygen atoms in total. The molecule has 2 N–H and O–H groups in total. The van der Waals surface area contributed by atoms with Gasteiger partial charge in [0.05, 0.1) is 18.2 Å². The van der Waals surface area contributed by atoms with Gasteiger partial charge in [-0.05, 0) is 37.8 Å². The van der Waals surface area contributed by atoms with Crippen LogP contribution in [0.15, 0.2) is 23.0 Å². The number of urea groups is 1. The van der Waals surface area contributed by atoms with Crippen molar-refractivity contribution < 1.29 is 19.0 Å². The van der Waals surface area contributed by atoms with Gasteiger partial charge in [-0.3, -0.25) is 4.79 Å². The number of carbonyl (C=O) groups is 1. The first-order chi connectivity index (χ1) is 15.2. The Morgan fingerprint density at radius 2 is 1.87 bits per heavy atom. The summed E-state index contributed by atoms with van der Waals surface area (Å²) in [7, 11) is 0. The number of aromatic nitrogens is 1. The lowest BCUT2D eigenvalue weighted by Crippen LogP contribution is -2.48. The topological polar surface area (TPSA) is 92.9 Å². The van der Waals surface area contributed by atoms with Gasteiger partial charge >= 0.3 is 6.03 Å². The summed E-state index contributed by atoms with van der Waals surface area (Å²) in [6.07, 6.45) is 7.53. The standard InChI is InChI=1S/C23H29N3O5/c27-22-16(9-15-10-20-21(31-14-30-20)11-19(15)25-22)12-26(13-18-7-4-8-29-18)23(28)24-17-5-2-1-3-6-17/h9-11,17-18H,1-8,12-14H2,(H,24,28)(H,25,27)/t18-/m1/s1. The first-order valence-electron chi connectivity index (χ1n) is 11.3. The first-order valence-corrected chi connectivity index (χ1v) is 11.3. The van der Waals surface area contributed by atoms with Crippen LogP contribution in [0.4, 0.5) is 4.79 Å². The molecule has 1 aromatic carbocycles. The third-order valence-corrected chi connectivity index (χ3v) is 6.44. The zero-order valence-corrected chi connectivity index (χ0v) is 17.7. The Morgan fingerprint density at radius 1 is 1.06 bits per heavy atom. The van der Waals surface area contributed by atoms with E-state index in [2.05, 4.69) is 10.3 Å². The summed E-state index contributed by atoms with van der Waals surface area (Å²) in [4.78, 5) is 30.6. The fourth-order valence-corrected chi connectivity index (χ4v) is 4.73. The molecule has 3 aliphatic rings. The summed E-state index contributed by atoms with van der Waals surface area (Å²) in [5.41, 5.74) is 1.03. The van der Waals surface area contributed by atoms with Crippen LogP contribution in [0.25, 0.3) is 10.9 Å². The van der Waals surface area contributed by atoms with E-state index in [4.69, 9.17) is 14.2 Å². The van der Waals surface area contributed by atoms with Crippen LogP contribution in [-0.2, 0) is 11.3 Å². The SMILES string of the molecule is O=C(NC1CCCCC1)N(Cc1cc2cc3c(cc2[nH]c1=O)OCO3)C[C@H]1CCCO1. The molecule has 1 aromatic heterocycles. The Kier molecular flexibility index (Phi) is 5.72. The molecule has 1 aliphatic carbocycles. The number of ether oxygens (including phenoxy) is 3. The van der Waals surface area contributed by atoms with Crippen molar-refractivity contribution in [3.63, 3.8) is 0 Å². The maximum absolute atomic E-state index is 13.1. The number of hydrogen-bond acceptors (Lipinski definition) is 5. The Hall–Kier alpha value is -2.74. The van der Waals surface area contributed by atoms with E-state index in [0.29, 0.717) is 29.1 Å². The Balaban J connectivity index is 1.38. The molecule has 3 heterocycles. The van der Waals surface area contributed by atoms with E-state index >= 15 is 0 Å². The summed E-state index contributed by atoms with van der Waals surface area (Å²) in [6.45, 7) is 1.63. The maximum atomic E-state index is 13.1.